The monoisotopic (exact) mass is 357 g/mol. The lowest BCUT2D eigenvalue weighted by Gasteiger charge is -2.25. The highest BCUT2D eigenvalue weighted by molar-refractivity contribution is 9.10. The number of halogens is 1. The first-order chi connectivity index (χ1) is 10.7. The zero-order valence-electron chi connectivity index (χ0n) is 12.5. The summed E-state index contributed by atoms with van der Waals surface area (Å²) >= 11 is 3.48. The minimum absolute atomic E-state index is 0.260. The summed E-state index contributed by atoms with van der Waals surface area (Å²) in [5.74, 6) is 0.270. The first-order valence-electron chi connectivity index (χ1n) is 7.83. The van der Waals surface area contributed by atoms with Gasteiger partial charge in [0.05, 0.1) is 6.04 Å². The molecule has 3 rings (SSSR count). The molecule has 1 fully saturated rings. The molecule has 1 aliphatic heterocycles. The highest BCUT2D eigenvalue weighted by atomic mass is 79.9. The fraction of sp³-hybridized carbons (Fsp3) is 0.316. The van der Waals surface area contributed by atoms with E-state index in [9.17, 15) is 4.79 Å². The molecular weight excluding hydrogens is 338 g/mol. The standard InChI is InChI=1S/C19H20BrNO/c20-17-9-4-6-15(14-17)11-12-19(22)21-13-5-10-18(21)16-7-2-1-3-8-16/h1-4,6-9,14,18H,5,10-13H2. The van der Waals surface area contributed by atoms with Crippen LogP contribution < -0.4 is 0 Å². The average Bonchev–Trinajstić information content (AvgIpc) is 3.03. The van der Waals surface area contributed by atoms with E-state index in [4.69, 9.17) is 0 Å². The third-order valence-corrected chi connectivity index (χ3v) is 4.77. The van der Waals surface area contributed by atoms with Crippen molar-refractivity contribution in [3.8, 4) is 0 Å². The van der Waals surface area contributed by atoms with Gasteiger partial charge in [-0.2, -0.15) is 0 Å². The highest BCUT2D eigenvalue weighted by Crippen LogP contribution is 2.32. The first kappa shape index (κ1) is 15.3. The lowest BCUT2D eigenvalue weighted by Crippen LogP contribution is -2.30. The van der Waals surface area contributed by atoms with Crippen molar-refractivity contribution in [2.45, 2.75) is 31.7 Å². The van der Waals surface area contributed by atoms with E-state index in [0.29, 0.717) is 6.42 Å². The van der Waals surface area contributed by atoms with Crippen LogP contribution in [0.15, 0.2) is 59.1 Å². The van der Waals surface area contributed by atoms with Crippen molar-refractivity contribution in [2.24, 2.45) is 0 Å². The molecule has 1 heterocycles. The van der Waals surface area contributed by atoms with Crippen LogP contribution in [0.5, 0.6) is 0 Å². The summed E-state index contributed by atoms with van der Waals surface area (Å²) in [6.45, 7) is 0.886. The molecule has 22 heavy (non-hydrogen) atoms. The Labute approximate surface area is 140 Å². The summed E-state index contributed by atoms with van der Waals surface area (Å²) < 4.78 is 1.07. The van der Waals surface area contributed by atoms with Gasteiger partial charge in [-0.15, -0.1) is 0 Å². The summed E-state index contributed by atoms with van der Waals surface area (Å²) in [6.07, 6.45) is 3.56. The molecule has 1 atom stereocenters. The van der Waals surface area contributed by atoms with Gasteiger partial charge in [0.2, 0.25) is 5.91 Å². The Morgan fingerprint density at radius 2 is 1.95 bits per heavy atom. The minimum atomic E-state index is 0.260. The van der Waals surface area contributed by atoms with Gasteiger partial charge >= 0.3 is 0 Å². The van der Waals surface area contributed by atoms with Crippen LogP contribution >= 0.6 is 15.9 Å². The molecule has 0 saturated carbocycles. The number of hydrogen-bond acceptors (Lipinski definition) is 1. The van der Waals surface area contributed by atoms with Gasteiger partial charge in [-0.05, 0) is 42.5 Å². The Morgan fingerprint density at radius 1 is 1.14 bits per heavy atom. The molecule has 2 nitrogen and oxygen atoms in total. The predicted octanol–water partition coefficient (Wildman–Crippen LogP) is 4.75. The maximum Gasteiger partial charge on any atom is 0.223 e. The Hall–Kier alpha value is -1.61. The number of benzene rings is 2. The van der Waals surface area contributed by atoms with Gasteiger partial charge in [-0.25, -0.2) is 0 Å². The van der Waals surface area contributed by atoms with Gasteiger partial charge in [-0.3, -0.25) is 4.79 Å². The third-order valence-electron chi connectivity index (χ3n) is 4.27. The van der Waals surface area contributed by atoms with Crippen molar-refractivity contribution < 1.29 is 4.79 Å². The van der Waals surface area contributed by atoms with E-state index in [1.165, 1.54) is 11.1 Å². The second-order valence-electron chi connectivity index (χ2n) is 5.79. The number of likely N-dealkylation sites (tertiary alicyclic amines) is 1. The molecule has 0 radical (unpaired) electrons. The fourth-order valence-corrected chi connectivity index (χ4v) is 3.62. The molecule has 3 heteroatoms. The van der Waals surface area contributed by atoms with Crippen LogP contribution in [0.3, 0.4) is 0 Å². The van der Waals surface area contributed by atoms with Gasteiger partial charge in [0.15, 0.2) is 0 Å². The number of amides is 1. The Morgan fingerprint density at radius 3 is 2.73 bits per heavy atom. The zero-order valence-corrected chi connectivity index (χ0v) is 14.1. The van der Waals surface area contributed by atoms with Gasteiger partial charge in [0.1, 0.15) is 0 Å². The van der Waals surface area contributed by atoms with E-state index in [-0.39, 0.29) is 11.9 Å². The molecule has 0 aliphatic carbocycles. The van der Waals surface area contributed by atoms with E-state index < -0.39 is 0 Å². The molecule has 1 saturated heterocycles. The summed E-state index contributed by atoms with van der Waals surface area (Å²) in [5, 5.41) is 0. The van der Waals surface area contributed by atoms with Gasteiger partial charge in [0.25, 0.3) is 0 Å². The van der Waals surface area contributed by atoms with Crippen molar-refractivity contribution in [2.75, 3.05) is 6.54 Å². The second-order valence-corrected chi connectivity index (χ2v) is 6.70. The normalized spacial score (nSPS) is 17.7. The Balaban J connectivity index is 1.64. The van der Waals surface area contributed by atoms with E-state index in [1.807, 2.05) is 18.2 Å². The molecule has 0 N–H and O–H groups in total. The first-order valence-corrected chi connectivity index (χ1v) is 8.62. The van der Waals surface area contributed by atoms with Crippen molar-refractivity contribution in [3.63, 3.8) is 0 Å². The maximum atomic E-state index is 12.6. The zero-order chi connectivity index (χ0) is 15.4. The number of carbonyl (C=O) groups is 1. The molecule has 1 amide bonds. The molecule has 114 valence electrons. The maximum absolute atomic E-state index is 12.6. The SMILES string of the molecule is O=C(CCc1cccc(Br)c1)N1CCCC1c1ccccc1. The molecule has 0 spiro atoms. The molecule has 0 aromatic heterocycles. The second kappa shape index (κ2) is 7.10. The Kier molecular flexibility index (Phi) is 4.94. The van der Waals surface area contributed by atoms with E-state index >= 15 is 0 Å². The largest absolute Gasteiger partial charge is 0.336 e. The smallest absolute Gasteiger partial charge is 0.223 e. The fourth-order valence-electron chi connectivity index (χ4n) is 3.17. The lowest BCUT2D eigenvalue weighted by molar-refractivity contribution is -0.132. The molecule has 2 aromatic rings. The van der Waals surface area contributed by atoms with Crippen LogP contribution in [0.1, 0.15) is 36.4 Å². The van der Waals surface area contributed by atoms with Gasteiger partial charge < -0.3 is 4.90 Å². The molecule has 2 aromatic carbocycles. The molecular formula is C19H20BrNO. The van der Waals surface area contributed by atoms with E-state index in [0.717, 1.165) is 30.3 Å². The predicted molar refractivity (Wildman–Crippen MR) is 92.6 cm³/mol. The van der Waals surface area contributed by atoms with Crippen molar-refractivity contribution in [1.82, 2.24) is 4.90 Å². The molecule has 1 unspecified atom stereocenters. The third kappa shape index (κ3) is 3.58. The molecule has 1 aliphatic rings. The quantitative estimate of drug-likeness (QED) is 0.773. The van der Waals surface area contributed by atoms with Gasteiger partial charge in [-0.1, -0.05) is 58.4 Å². The number of aryl methyl sites for hydroxylation is 1. The number of hydrogen-bond donors (Lipinski definition) is 0. The molecule has 0 bridgehead atoms. The summed E-state index contributed by atoms with van der Waals surface area (Å²) in [5.41, 5.74) is 2.47. The number of carbonyl (C=O) groups excluding carboxylic acids is 1. The van der Waals surface area contributed by atoms with Crippen molar-refractivity contribution in [1.29, 1.82) is 0 Å². The van der Waals surface area contributed by atoms with Crippen LogP contribution in [0.2, 0.25) is 0 Å². The van der Waals surface area contributed by atoms with Crippen LogP contribution in [0.4, 0.5) is 0 Å². The summed E-state index contributed by atoms with van der Waals surface area (Å²) in [7, 11) is 0. The van der Waals surface area contributed by atoms with Crippen molar-refractivity contribution >= 4 is 21.8 Å². The highest BCUT2D eigenvalue weighted by Gasteiger charge is 2.29. The average molecular weight is 358 g/mol. The van der Waals surface area contributed by atoms with Gasteiger partial charge in [0, 0.05) is 17.4 Å². The number of nitrogens with zero attached hydrogens (tertiary/aromatic N) is 1. The van der Waals surface area contributed by atoms with Crippen LogP contribution in [0.25, 0.3) is 0 Å². The lowest BCUT2D eigenvalue weighted by atomic mass is 10.0. The summed E-state index contributed by atoms with van der Waals surface area (Å²) in [4.78, 5) is 14.7. The van der Waals surface area contributed by atoms with Crippen LogP contribution in [-0.4, -0.2) is 17.4 Å². The Bertz CT molecular complexity index is 641. The summed E-state index contributed by atoms with van der Waals surface area (Å²) in [6, 6.07) is 18.9. The van der Waals surface area contributed by atoms with E-state index in [2.05, 4.69) is 57.2 Å². The van der Waals surface area contributed by atoms with Crippen LogP contribution in [0, 0.1) is 0 Å². The van der Waals surface area contributed by atoms with Crippen molar-refractivity contribution in [3.05, 3.63) is 70.2 Å². The van der Waals surface area contributed by atoms with E-state index in [1.54, 1.807) is 0 Å². The van der Waals surface area contributed by atoms with Crippen LogP contribution in [-0.2, 0) is 11.2 Å². The topological polar surface area (TPSA) is 20.3 Å². The number of rotatable bonds is 4. The minimum Gasteiger partial charge on any atom is -0.336 e.